The van der Waals surface area contributed by atoms with Crippen LogP contribution in [0, 0.1) is 5.92 Å². The van der Waals surface area contributed by atoms with Crippen LogP contribution in [-0.4, -0.2) is 46.7 Å². The van der Waals surface area contributed by atoms with E-state index >= 15 is 0 Å². The van der Waals surface area contributed by atoms with Gasteiger partial charge in [-0.15, -0.1) is 0 Å². The van der Waals surface area contributed by atoms with Crippen LogP contribution in [0.15, 0.2) is 36.4 Å². The van der Waals surface area contributed by atoms with Gasteiger partial charge in [-0.3, -0.25) is 9.69 Å². The Morgan fingerprint density at radius 2 is 2.06 bits per heavy atom. The molecule has 0 radical (unpaired) electrons. The van der Waals surface area contributed by atoms with Crippen molar-refractivity contribution in [2.45, 2.75) is 50.7 Å². The Labute approximate surface area is 183 Å². The number of phenols is 2. The number of aromatic hydroxyl groups is 2. The molecule has 5 rings (SSSR count). The van der Waals surface area contributed by atoms with Crippen LogP contribution in [0.5, 0.6) is 11.5 Å². The summed E-state index contributed by atoms with van der Waals surface area (Å²) in [6, 6.07) is 11.7. The van der Waals surface area contributed by atoms with Gasteiger partial charge in [-0.2, -0.15) is 0 Å². The SMILES string of the molecule is C[C@@H](NC(=O)c1c(O)c(O)cc2c1[C@H]1C[C@@H]3NCCC[C@H]3CN1CC2)c1ccccc1. The van der Waals surface area contributed by atoms with E-state index in [0.717, 1.165) is 49.2 Å². The summed E-state index contributed by atoms with van der Waals surface area (Å²) in [5, 5.41) is 27.9. The third kappa shape index (κ3) is 3.68. The summed E-state index contributed by atoms with van der Waals surface area (Å²) in [4.78, 5) is 15.9. The van der Waals surface area contributed by atoms with Crippen molar-refractivity contribution >= 4 is 5.91 Å². The maximum absolute atomic E-state index is 13.4. The molecule has 0 unspecified atom stereocenters. The standard InChI is InChI=1S/C25H31N3O3/c1-15(16-6-3-2-4-7-16)27-25(31)23-22-17(12-21(29)24(23)30)9-11-28-14-18-8-5-10-26-19(18)13-20(22)28/h2-4,6-7,12,15,18-20,26,29-30H,5,8-11,13-14H2,1H3,(H,27,31)/t15-,18+,19+,20-/m1/s1. The first-order chi connectivity index (χ1) is 15.0. The topological polar surface area (TPSA) is 84.8 Å². The molecule has 0 aliphatic carbocycles. The first-order valence-electron chi connectivity index (χ1n) is 11.4. The Hall–Kier alpha value is -2.57. The van der Waals surface area contributed by atoms with E-state index in [-0.39, 0.29) is 35.1 Å². The van der Waals surface area contributed by atoms with Gasteiger partial charge in [-0.05, 0) is 67.8 Å². The Kier molecular flexibility index (Phi) is 5.36. The lowest BCUT2D eigenvalue weighted by atomic mass is 9.76. The Balaban J connectivity index is 1.50. The number of amides is 1. The number of benzene rings is 2. The fraction of sp³-hybridized carbons (Fsp3) is 0.480. The molecule has 0 bridgehead atoms. The van der Waals surface area contributed by atoms with Crippen LogP contribution in [0.4, 0.5) is 0 Å². The van der Waals surface area contributed by atoms with E-state index in [9.17, 15) is 15.0 Å². The van der Waals surface area contributed by atoms with Gasteiger partial charge in [0.1, 0.15) is 0 Å². The second kappa shape index (κ2) is 8.17. The molecule has 3 aliphatic heterocycles. The predicted octanol–water partition coefficient (Wildman–Crippen LogP) is 3.26. The number of phenolic OH excluding ortho intramolecular Hbond substituents is 2. The van der Waals surface area contributed by atoms with Crippen LogP contribution >= 0.6 is 0 Å². The Bertz CT molecular complexity index is 978. The molecule has 31 heavy (non-hydrogen) atoms. The number of rotatable bonds is 3. The summed E-state index contributed by atoms with van der Waals surface area (Å²) in [5.41, 5.74) is 3.10. The number of hydrogen-bond donors (Lipinski definition) is 4. The monoisotopic (exact) mass is 421 g/mol. The maximum Gasteiger partial charge on any atom is 0.256 e. The number of carbonyl (C=O) groups excluding carboxylic acids is 1. The van der Waals surface area contributed by atoms with Crippen molar-refractivity contribution in [2.75, 3.05) is 19.6 Å². The minimum absolute atomic E-state index is 0.0786. The molecule has 3 aliphatic rings. The van der Waals surface area contributed by atoms with Crippen molar-refractivity contribution < 1.29 is 15.0 Å². The van der Waals surface area contributed by atoms with Crippen LogP contribution in [0.25, 0.3) is 0 Å². The van der Waals surface area contributed by atoms with Crippen LogP contribution in [0.3, 0.4) is 0 Å². The van der Waals surface area contributed by atoms with Gasteiger partial charge in [0.15, 0.2) is 11.5 Å². The molecule has 164 valence electrons. The molecule has 2 fully saturated rings. The van der Waals surface area contributed by atoms with Gasteiger partial charge < -0.3 is 20.8 Å². The molecular weight excluding hydrogens is 390 g/mol. The molecule has 4 atom stereocenters. The fourth-order valence-corrected chi connectivity index (χ4v) is 5.78. The normalized spacial score (nSPS) is 26.3. The number of nitrogens with one attached hydrogen (secondary N) is 2. The average molecular weight is 422 g/mol. The summed E-state index contributed by atoms with van der Waals surface area (Å²) < 4.78 is 0. The smallest absolute Gasteiger partial charge is 0.256 e. The number of carbonyl (C=O) groups is 1. The lowest BCUT2D eigenvalue weighted by Gasteiger charge is -2.49. The van der Waals surface area contributed by atoms with Crippen molar-refractivity contribution in [3.8, 4) is 11.5 Å². The largest absolute Gasteiger partial charge is 0.504 e. The summed E-state index contributed by atoms with van der Waals surface area (Å²) >= 11 is 0. The van der Waals surface area contributed by atoms with Crippen LogP contribution in [0.2, 0.25) is 0 Å². The van der Waals surface area contributed by atoms with Gasteiger partial charge in [-0.1, -0.05) is 30.3 Å². The van der Waals surface area contributed by atoms with Crippen LogP contribution in [-0.2, 0) is 6.42 Å². The summed E-state index contributed by atoms with van der Waals surface area (Å²) in [5.74, 6) is -0.208. The van der Waals surface area contributed by atoms with Crippen molar-refractivity contribution in [1.82, 2.24) is 15.5 Å². The first kappa shape index (κ1) is 20.3. The molecule has 2 aromatic carbocycles. The number of nitrogens with zero attached hydrogens (tertiary/aromatic N) is 1. The van der Waals surface area contributed by atoms with Crippen molar-refractivity contribution in [3.63, 3.8) is 0 Å². The van der Waals surface area contributed by atoms with E-state index in [1.165, 1.54) is 12.8 Å². The van der Waals surface area contributed by atoms with Gasteiger partial charge in [0.2, 0.25) is 0 Å². The first-order valence-corrected chi connectivity index (χ1v) is 11.4. The van der Waals surface area contributed by atoms with E-state index in [4.69, 9.17) is 0 Å². The van der Waals surface area contributed by atoms with E-state index < -0.39 is 0 Å². The second-order valence-corrected chi connectivity index (χ2v) is 9.26. The Morgan fingerprint density at radius 3 is 2.87 bits per heavy atom. The predicted molar refractivity (Wildman–Crippen MR) is 119 cm³/mol. The van der Waals surface area contributed by atoms with Crippen molar-refractivity contribution in [3.05, 3.63) is 58.7 Å². The molecular formula is C25H31N3O3. The third-order valence-electron chi connectivity index (χ3n) is 7.40. The van der Waals surface area contributed by atoms with Gasteiger partial charge in [0.05, 0.1) is 11.6 Å². The van der Waals surface area contributed by atoms with Crippen molar-refractivity contribution in [2.24, 2.45) is 5.92 Å². The minimum Gasteiger partial charge on any atom is -0.504 e. The zero-order valence-electron chi connectivity index (χ0n) is 18.0. The number of fused-ring (bicyclic) bond motifs is 4. The molecule has 0 spiro atoms. The number of piperidine rings is 2. The van der Waals surface area contributed by atoms with E-state index in [0.29, 0.717) is 12.0 Å². The minimum atomic E-state index is -0.332. The third-order valence-corrected chi connectivity index (χ3v) is 7.40. The summed E-state index contributed by atoms with van der Waals surface area (Å²) in [6.45, 7) is 4.92. The zero-order chi connectivity index (χ0) is 21.5. The second-order valence-electron chi connectivity index (χ2n) is 9.26. The Morgan fingerprint density at radius 1 is 1.26 bits per heavy atom. The van der Waals surface area contributed by atoms with E-state index in [1.54, 1.807) is 6.07 Å². The van der Waals surface area contributed by atoms with E-state index in [2.05, 4.69) is 15.5 Å². The molecule has 6 heteroatoms. The summed E-state index contributed by atoms with van der Waals surface area (Å²) in [6.07, 6.45) is 4.17. The van der Waals surface area contributed by atoms with Gasteiger partial charge in [-0.25, -0.2) is 0 Å². The zero-order valence-corrected chi connectivity index (χ0v) is 18.0. The highest BCUT2D eigenvalue weighted by molar-refractivity contribution is 6.00. The molecule has 1 amide bonds. The van der Waals surface area contributed by atoms with Gasteiger partial charge in [0, 0.05) is 25.2 Å². The van der Waals surface area contributed by atoms with Crippen molar-refractivity contribution in [1.29, 1.82) is 0 Å². The highest BCUT2D eigenvalue weighted by Gasteiger charge is 2.42. The lowest BCUT2D eigenvalue weighted by Crippen LogP contribution is -2.55. The lowest BCUT2D eigenvalue weighted by molar-refractivity contribution is 0.0540. The fourth-order valence-electron chi connectivity index (χ4n) is 5.78. The molecule has 3 heterocycles. The quantitative estimate of drug-likeness (QED) is 0.572. The highest BCUT2D eigenvalue weighted by Crippen LogP contribution is 2.46. The average Bonchev–Trinajstić information content (AvgIpc) is 2.79. The van der Waals surface area contributed by atoms with Crippen LogP contribution < -0.4 is 10.6 Å². The van der Waals surface area contributed by atoms with Gasteiger partial charge >= 0.3 is 0 Å². The van der Waals surface area contributed by atoms with E-state index in [1.807, 2.05) is 37.3 Å². The summed E-state index contributed by atoms with van der Waals surface area (Å²) in [7, 11) is 0. The molecule has 4 N–H and O–H groups in total. The molecule has 0 saturated carbocycles. The number of hydrogen-bond acceptors (Lipinski definition) is 5. The molecule has 0 aromatic heterocycles. The van der Waals surface area contributed by atoms with Gasteiger partial charge in [0.25, 0.3) is 5.91 Å². The molecule has 2 saturated heterocycles. The maximum atomic E-state index is 13.4. The van der Waals surface area contributed by atoms with Crippen LogP contribution in [0.1, 0.15) is 65.3 Å². The molecule has 2 aromatic rings. The molecule has 6 nitrogen and oxygen atoms in total. The highest BCUT2D eigenvalue weighted by atomic mass is 16.3.